The third-order valence-corrected chi connectivity index (χ3v) is 1.64. The van der Waals surface area contributed by atoms with Crippen LogP contribution in [0.1, 0.15) is 26.7 Å². The van der Waals surface area contributed by atoms with E-state index in [1.165, 1.54) is 0 Å². The van der Waals surface area contributed by atoms with Gasteiger partial charge in [0.05, 0.1) is 0 Å². The minimum Gasteiger partial charge on any atom is -0.261 e. The van der Waals surface area contributed by atoms with Crippen LogP contribution in [0, 0.1) is 0 Å². The maximum absolute atomic E-state index is 4.19. The second-order valence-corrected chi connectivity index (χ2v) is 2.92. The molecule has 0 spiro atoms. The minimum absolute atomic E-state index is 0.790. The molecule has 3 nitrogen and oxygen atoms in total. The zero-order valence-electron chi connectivity index (χ0n) is 8.12. The van der Waals surface area contributed by atoms with Crippen LogP contribution in [0.2, 0.25) is 0 Å². The third-order valence-electron chi connectivity index (χ3n) is 1.64. The van der Waals surface area contributed by atoms with Crippen LogP contribution in [0.15, 0.2) is 29.5 Å². The van der Waals surface area contributed by atoms with E-state index in [9.17, 15) is 0 Å². The highest BCUT2D eigenvalue weighted by atomic mass is 15.3. The summed E-state index contributed by atoms with van der Waals surface area (Å²) in [6.07, 6.45) is 3.89. The summed E-state index contributed by atoms with van der Waals surface area (Å²) in [6, 6.07) is 5.70. The van der Waals surface area contributed by atoms with Gasteiger partial charge in [0.15, 0.2) is 0 Å². The number of anilines is 1. The van der Waals surface area contributed by atoms with Gasteiger partial charge in [-0.2, -0.15) is 5.10 Å². The molecule has 0 atom stereocenters. The normalized spacial score (nSPS) is 11.4. The molecule has 0 amide bonds. The molecule has 13 heavy (non-hydrogen) atoms. The lowest BCUT2D eigenvalue weighted by molar-refractivity contribution is 0.982. The number of nitrogens with one attached hydrogen (secondary N) is 1. The fourth-order valence-corrected chi connectivity index (χ4v) is 0.999. The molecule has 0 unspecified atom stereocenters. The van der Waals surface area contributed by atoms with Gasteiger partial charge in [-0.3, -0.25) is 5.43 Å². The van der Waals surface area contributed by atoms with Gasteiger partial charge < -0.3 is 0 Å². The number of nitrogens with zero attached hydrogens (tertiary/aromatic N) is 2. The number of hydrazone groups is 1. The molecule has 1 N–H and O–H groups in total. The summed E-state index contributed by atoms with van der Waals surface area (Å²) in [5.74, 6) is 0.790. The van der Waals surface area contributed by atoms with Crippen molar-refractivity contribution in [2.24, 2.45) is 5.10 Å². The van der Waals surface area contributed by atoms with Crippen molar-refractivity contribution in [3.63, 3.8) is 0 Å². The van der Waals surface area contributed by atoms with E-state index >= 15 is 0 Å². The average molecular weight is 177 g/mol. The van der Waals surface area contributed by atoms with Gasteiger partial charge in [-0.05, 0) is 25.5 Å². The van der Waals surface area contributed by atoms with E-state index in [4.69, 9.17) is 0 Å². The van der Waals surface area contributed by atoms with Crippen molar-refractivity contribution in [1.82, 2.24) is 4.98 Å². The summed E-state index contributed by atoms with van der Waals surface area (Å²) >= 11 is 0. The van der Waals surface area contributed by atoms with Gasteiger partial charge in [-0.1, -0.05) is 19.4 Å². The van der Waals surface area contributed by atoms with Crippen LogP contribution in [0.4, 0.5) is 5.82 Å². The zero-order chi connectivity index (χ0) is 9.52. The SMILES string of the molecule is CCC/C(C)=N/Nc1ccccn1. The monoisotopic (exact) mass is 177 g/mol. The smallest absolute Gasteiger partial charge is 0.146 e. The Morgan fingerprint density at radius 2 is 2.38 bits per heavy atom. The highest BCUT2D eigenvalue weighted by Crippen LogP contribution is 2.00. The van der Waals surface area contributed by atoms with Crippen LogP contribution >= 0.6 is 0 Å². The highest BCUT2D eigenvalue weighted by Gasteiger charge is 1.90. The second kappa shape index (κ2) is 5.30. The Morgan fingerprint density at radius 3 is 3.00 bits per heavy atom. The summed E-state index contributed by atoms with van der Waals surface area (Å²) in [6.45, 7) is 4.15. The van der Waals surface area contributed by atoms with Gasteiger partial charge in [0.25, 0.3) is 0 Å². The van der Waals surface area contributed by atoms with Gasteiger partial charge >= 0.3 is 0 Å². The molecular weight excluding hydrogens is 162 g/mol. The Kier molecular flexibility index (Phi) is 3.96. The van der Waals surface area contributed by atoms with Gasteiger partial charge in [0.2, 0.25) is 0 Å². The molecule has 1 aromatic rings. The van der Waals surface area contributed by atoms with Crippen molar-refractivity contribution in [2.45, 2.75) is 26.7 Å². The topological polar surface area (TPSA) is 37.3 Å². The van der Waals surface area contributed by atoms with E-state index in [1.54, 1.807) is 6.20 Å². The van der Waals surface area contributed by atoms with E-state index in [1.807, 2.05) is 25.1 Å². The first-order valence-corrected chi connectivity index (χ1v) is 4.53. The molecule has 0 saturated heterocycles. The van der Waals surface area contributed by atoms with Crippen molar-refractivity contribution in [2.75, 3.05) is 5.43 Å². The van der Waals surface area contributed by atoms with Gasteiger partial charge in [-0.15, -0.1) is 0 Å². The van der Waals surface area contributed by atoms with E-state index < -0.39 is 0 Å². The Bertz CT molecular complexity index is 267. The van der Waals surface area contributed by atoms with Crippen LogP contribution in [0.25, 0.3) is 0 Å². The van der Waals surface area contributed by atoms with Crippen LogP contribution in [-0.4, -0.2) is 10.7 Å². The molecule has 0 aliphatic carbocycles. The highest BCUT2D eigenvalue weighted by molar-refractivity contribution is 5.82. The van der Waals surface area contributed by atoms with Crippen molar-refractivity contribution in [3.8, 4) is 0 Å². The number of aromatic nitrogens is 1. The van der Waals surface area contributed by atoms with Crippen LogP contribution in [0.3, 0.4) is 0 Å². The third kappa shape index (κ3) is 3.69. The fraction of sp³-hybridized carbons (Fsp3) is 0.400. The average Bonchev–Trinajstić information content (AvgIpc) is 2.17. The standard InChI is InChI=1S/C10H15N3/c1-3-6-9(2)12-13-10-7-4-5-8-11-10/h4-5,7-8H,3,6H2,1-2H3,(H,11,13)/b12-9+. The molecule has 0 bridgehead atoms. The first-order chi connectivity index (χ1) is 6.33. The number of pyridine rings is 1. The molecule has 1 heterocycles. The fourth-order valence-electron chi connectivity index (χ4n) is 0.999. The molecule has 0 fully saturated rings. The minimum atomic E-state index is 0.790. The Labute approximate surface area is 78.9 Å². The number of hydrogen-bond acceptors (Lipinski definition) is 3. The molecule has 0 aliphatic rings. The van der Waals surface area contributed by atoms with Crippen LogP contribution in [0.5, 0.6) is 0 Å². The number of rotatable bonds is 4. The van der Waals surface area contributed by atoms with Crippen molar-refractivity contribution in [3.05, 3.63) is 24.4 Å². The van der Waals surface area contributed by atoms with Crippen molar-refractivity contribution >= 4 is 11.5 Å². The Hall–Kier alpha value is -1.38. The summed E-state index contributed by atoms with van der Waals surface area (Å²) in [4.78, 5) is 4.09. The quantitative estimate of drug-likeness (QED) is 0.567. The molecule has 70 valence electrons. The number of hydrogen-bond donors (Lipinski definition) is 1. The van der Waals surface area contributed by atoms with Crippen LogP contribution in [-0.2, 0) is 0 Å². The largest absolute Gasteiger partial charge is 0.261 e. The predicted octanol–water partition coefficient (Wildman–Crippen LogP) is 2.67. The summed E-state index contributed by atoms with van der Waals surface area (Å²) in [7, 11) is 0. The molecule has 0 saturated carbocycles. The molecule has 0 aliphatic heterocycles. The van der Waals surface area contributed by atoms with Crippen molar-refractivity contribution in [1.29, 1.82) is 0 Å². The van der Waals surface area contributed by atoms with E-state index in [-0.39, 0.29) is 0 Å². The maximum Gasteiger partial charge on any atom is 0.146 e. The molecule has 1 aromatic heterocycles. The zero-order valence-corrected chi connectivity index (χ0v) is 8.12. The van der Waals surface area contributed by atoms with E-state index in [0.717, 1.165) is 24.4 Å². The predicted molar refractivity (Wildman–Crippen MR) is 55.9 cm³/mol. The Morgan fingerprint density at radius 1 is 1.54 bits per heavy atom. The summed E-state index contributed by atoms with van der Waals surface area (Å²) in [5, 5.41) is 4.19. The second-order valence-electron chi connectivity index (χ2n) is 2.92. The molecular formula is C10H15N3. The molecule has 1 rings (SSSR count). The first-order valence-electron chi connectivity index (χ1n) is 4.53. The summed E-state index contributed by atoms with van der Waals surface area (Å²) < 4.78 is 0. The van der Waals surface area contributed by atoms with E-state index in [2.05, 4.69) is 22.4 Å². The van der Waals surface area contributed by atoms with E-state index in [0.29, 0.717) is 0 Å². The summed E-state index contributed by atoms with van der Waals surface area (Å²) in [5.41, 5.74) is 4.01. The van der Waals surface area contributed by atoms with Crippen molar-refractivity contribution < 1.29 is 0 Å². The molecule has 0 aromatic carbocycles. The van der Waals surface area contributed by atoms with Gasteiger partial charge in [0, 0.05) is 11.9 Å². The lowest BCUT2D eigenvalue weighted by Gasteiger charge is -2.00. The molecule has 3 heteroatoms. The van der Waals surface area contributed by atoms with Gasteiger partial charge in [0.1, 0.15) is 5.82 Å². The maximum atomic E-state index is 4.19. The van der Waals surface area contributed by atoms with Gasteiger partial charge in [-0.25, -0.2) is 4.98 Å². The van der Waals surface area contributed by atoms with Crippen LogP contribution < -0.4 is 5.43 Å². The molecule has 0 radical (unpaired) electrons. The Balaban J connectivity index is 2.47. The lowest BCUT2D eigenvalue weighted by atomic mass is 10.2. The lowest BCUT2D eigenvalue weighted by Crippen LogP contribution is -1.97. The first kappa shape index (κ1) is 9.71.